The van der Waals surface area contributed by atoms with Crippen LogP contribution in [0.2, 0.25) is 0 Å². The number of ether oxygens (including phenoxy) is 2. The summed E-state index contributed by atoms with van der Waals surface area (Å²) >= 11 is 0. The molecule has 3 aromatic rings. The summed E-state index contributed by atoms with van der Waals surface area (Å²) in [4.78, 5) is 8.93. The van der Waals surface area contributed by atoms with Gasteiger partial charge in [0.05, 0.1) is 30.3 Å². The number of fused-ring (bicyclic) bond motifs is 1. The van der Waals surface area contributed by atoms with E-state index in [-0.39, 0.29) is 17.4 Å². The van der Waals surface area contributed by atoms with E-state index in [0.29, 0.717) is 47.1 Å². The van der Waals surface area contributed by atoms with Gasteiger partial charge in [-0.1, -0.05) is 12.1 Å². The maximum Gasteiger partial charge on any atom is 0.416 e. The van der Waals surface area contributed by atoms with E-state index in [9.17, 15) is 17.7 Å². The number of hydrogen-bond donors (Lipinski definition) is 1. The van der Waals surface area contributed by atoms with Crippen molar-refractivity contribution >= 4 is 25.4 Å². The Morgan fingerprint density at radius 1 is 1.21 bits per heavy atom. The minimum Gasteiger partial charge on any atom is -0.484 e. The highest BCUT2D eigenvalue weighted by molar-refractivity contribution is 7.17. The first-order valence-electron chi connectivity index (χ1n) is 10.7. The molecule has 1 aliphatic rings. The Kier molecular flexibility index (Phi) is 6.91. The van der Waals surface area contributed by atoms with E-state index in [1.807, 2.05) is 0 Å². The monoisotopic (exact) mass is 493 g/mol. The smallest absolute Gasteiger partial charge is 0.416 e. The van der Waals surface area contributed by atoms with Crippen LogP contribution in [0.1, 0.15) is 41.9 Å². The molecule has 7 nitrogen and oxygen atoms in total. The Balaban J connectivity index is 1.72. The molecule has 2 heterocycles. The van der Waals surface area contributed by atoms with Crippen LogP contribution < -0.4 is 14.6 Å². The lowest BCUT2D eigenvalue weighted by Gasteiger charge is -2.21. The predicted octanol–water partition coefficient (Wildman–Crippen LogP) is 6.19. The topological polar surface area (TPSA) is 82.6 Å². The fourth-order valence-electron chi connectivity index (χ4n) is 4.06. The average Bonchev–Trinajstić information content (AvgIpc) is 3.27. The number of nitrogens with one attached hydrogen (secondary N) is 1. The van der Waals surface area contributed by atoms with Crippen LogP contribution >= 0.6 is 8.69 Å². The first kappa shape index (κ1) is 24.2. The number of aromatic nitrogens is 2. The van der Waals surface area contributed by atoms with Gasteiger partial charge in [-0.25, -0.2) is 14.5 Å². The fraction of sp³-hybridized carbons (Fsp3) is 0.391. The van der Waals surface area contributed by atoms with Crippen molar-refractivity contribution in [3.63, 3.8) is 0 Å². The zero-order valence-corrected chi connectivity index (χ0v) is 19.7. The minimum absolute atomic E-state index is 0.147. The molecule has 1 saturated heterocycles. The summed E-state index contributed by atoms with van der Waals surface area (Å²) in [5.74, 6) is 1.48. The molecule has 0 bridgehead atoms. The average molecular weight is 493 g/mol. The summed E-state index contributed by atoms with van der Waals surface area (Å²) in [6, 6.07) is 6.90. The summed E-state index contributed by atoms with van der Waals surface area (Å²) in [5, 5.41) is 3.76. The Morgan fingerprint density at radius 3 is 2.68 bits per heavy atom. The van der Waals surface area contributed by atoms with Crippen molar-refractivity contribution in [2.24, 2.45) is 0 Å². The number of anilines is 1. The van der Waals surface area contributed by atoms with Crippen molar-refractivity contribution in [2.45, 2.75) is 45.5 Å². The second-order valence-electron chi connectivity index (χ2n) is 8.09. The Morgan fingerprint density at radius 2 is 2.00 bits per heavy atom. The van der Waals surface area contributed by atoms with Crippen molar-refractivity contribution in [1.29, 1.82) is 0 Å². The Bertz CT molecular complexity index is 1220. The molecule has 1 aliphatic heterocycles. The Hall–Kier alpha value is -2.97. The van der Waals surface area contributed by atoms with Crippen molar-refractivity contribution in [2.75, 3.05) is 18.5 Å². The van der Waals surface area contributed by atoms with Crippen LogP contribution in [0.25, 0.3) is 10.9 Å². The van der Waals surface area contributed by atoms with Crippen molar-refractivity contribution < 1.29 is 31.7 Å². The third kappa shape index (κ3) is 5.08. The molecule has 2 aromatic carbocycles. The van der Waals surface area contributed by atoms with E-state index in [1.165, 1.54) is 13.0 Å². The lowest BCUT2D eigenvalue weighted by atomic mass is 9.97. The molecular weight excluding hydrogens is 470 g/mol. The molecule has 34 heavy (non-hydrogen) atoms. The number of rotatable bonds is 7. The third-order valence-corrected chi connectivity index (χ3v) is 5.96. The van der Waals surface area contributed by atoms with E-state index in [1.54, 1.807) is 32.0 Å². The lowest BCUT2D eigenvalue weighted by Crippen LogP contribution is -2.16. The number of hydrogen-bond acceptors (Lipinski definition) is 7. The van der Waals surface area contributed by atoms with Gasteiger partial charge in [0.1, 0.15) is 17.7 Å². The molecule has 11 heteroatoms. The van der Waals surface area contributed by atoms with Crippen LogP contribution in [0.3, 0.4) is 0 Å². The highest BCUT2D eigenvalue weighted by atomic mass is 31.1. The fourth-order valence-corrected chi connectivity index (χ4v) is 4.29. The first-order valence-corrected chi connectivity index (χ1v) is 11.4. The summed E-state index contributed by atoms with van der Waals surface area (Å²) in [6.45, 7) is 5.97. The SMILES string of the molecule is Cc1nc(N[C@H](C)c2cccc(C(F)(F)F)c2C)c2cc(OP=O)c(OC3CCOC3)cc2n1. The highest BCUT2D eigenvalue weighted by Gasteiger charge is 2.33. The van der Waals surface area contributed by atoms with E-state index >= 15 is 0 Å². The van der Waals surface area contributed by atoms with Gasteiger partial charge >= 0.3 is 14.9 Å². The molecule has 1 N–H and O–H groups in total. The van der Waals surface area contributed by atoms with E-state index in [0.717, 1.165) is 12.5 Å². The molecule has 4 rings (SSSR count). The standard InChI is InChI=1S/C23H23F3N3O4P/c1-12-16(5-4-6-18(12)23(24,25)26)13(2)27-22-17-9-21(33-34-30)20(32-15-7-8-31-11-15)10-19(17)28-14(3)29-22/h4-6,9-10,13,15H,7-8,11H2,1-3H3,(H,27,28,29)/t13-,15?/m1/s1. The molecule has 180 valence electrons. The summed E-state index contributed by atoms with van der Waals surface area (Å²) < 4.78 is 67.9. The number of alkyl halides is 3. The molecular formula is C23H23F3N3O4P. The normalized spacial score (nSPS) is 17.2. The largest absolute Gasteiger partial charge is 0.484 e. The van der Waals surface area contributed by atoms with Gasteiger partial charge in [0.25, 0.3) is 0 Å². The van der Waals surface area contributed by atoms with Gasteiger partial charge in [-0.15, -0.1) is 0 Å². The van der Waals surface area contributed by atoms with Crippen molar-refractivity contribution in [3.05, 3.63) is 52.8 Å². The molecule has 0 amide bonds. The molecule has 0 aliphatic carbocycles. The zero-order chi connectivity index (χ0) is 24.5. The maximum absolute atomic E-state index is 13.4. The molecule has 1 fully saturated rings. The molecule has 0 radical (unpaired) electrons. The highest BCUT2D eigenvalue weighted by Crippen LogP contribution is 2.39. The molecule has 2 atom stereocenters. The molecule has 0 saturated carbocycles. The lowest BCUT2D eigenvalue weighted by molar-refractivity contribution is -0.138. The summed E-state index contributed by atoms with van der Waals surface area (Å²) in [5.41, 5.74) is 0.515. The molecule has 0 spiro atoms. The van der Waals surface area contributed by atoms with Gasteiger partial charge in [-0.2, -0.15) is 13.2 Å². The quantitative estimate of drug-likeness (QED) is 0.393. The minimum atomic E-state index is -4.44. The summed E-state index contributed by atoms with van der Waals surface area (Å²) in [6.07, 6.45) is -3.88. The number of nitrogens with zero attached hydrogens (tertiary/aromatic N) is 2. The van der Waals surface area contributed by atoms with Gasteiger partial charge in [0.15, 0.2) is 11.5 Å². The Labute approximate surface area is 195 Å². The number of benzene rings is 2. The van der Waals surface area contributed by atoms with Crippen LogP contribution in [0, 0.1) is 13.8 Å². The summed E-state index contributed by atoms with van der Waals surface area (Å²) in [7, 11) is -0.561. The van der Waals surface area contributed by atoms with E-state index < -0.39 is 26.5 Å². The predicted molar refractivity (Wildman–Crippen MR) is 121 cm³/mol. The van der Waals surface area contributed by atoms with E-state index in [2.05, 4.69) is 15.3 Å². The van der Waals surface area contributed by atoms with Crippen LogP contribution in [0.5, 0.6) is 11.5 Å². The van der Waals surface area contributed by atoms with Gasteiger partial charge in [-0.05, 0) is 44.0 Å². The number of halogens is 3. The van der Waals surface area contributed by atoms with Crippen molar-refractivity contribution in [1.82, 2.24) is 9.97 Å². The van der Waals surface area contributed by atoms with Gasteiger partial charge in [-0.3, -0.25) is 0 Å². The van der Waals surface area contributed by atoms with Crippen LogP contribution in [-0.2, 0) is 15.5 Å². The van der Waals surface area contributed by atoms with Crippen LogP contribution in [-0.4, -0.2) is 29.3 Å². The number of aryl methyl sites for hydroxylation is 1. The second kappa shape index (κ2) is 9.72. The molecule has 1 unspecified atom stereocenters. The van der Waals surface area contributed by atoms with Gasteiger partial charge in [0.2, 0.25) is 0 Å². The van der Waals surface area contributed by atoms with Gasteiger partial charge < -0.3 is 19.3 Å². The third-order valence-electron chi connectivity index (χ3n) is 5.69. The van der Waals surface area contributed by atoms with Gasteiger partial charge in [0, 0.05) is 17.9 Å². The van der Waals surface area contributed by atoms with Crippen molar-refractivity contribution in [3.8, 4) is 11.5 Å². The zero-order valence-electron chi connectivity index (χ0n) is 18.8. The maximum atomic E-state index is 13.4. The first-order chi connectivity index (χ1) is 16.2. The molecule has 1 aromatic heterocycles. The van der Waals surface area contributed by atoms with E-state index in [4.69, 9.17) is 14.0 Å². The second-order valence-corrected chi connectivity index (χ2v) is 8.42. The van der Waals surface area contributed by atoms with Crippen LogP contribution in [0.4, 0.5) is 19.0 Å². The van der Waals surface area contributed by atoms with Crippen LogP contribution in [0.15, 0.2) is 30.3 Å².